The summed E-state index contributed by atoms with van der Waals surface area (Å²) in [6.07, 6.45) is 1.54. The van der Waals surface area contributed by atoms with Gasteiger partial charge in [-0.25, -0.2) is 4.79 Å². The highest BCUT2D eigenvalue weighted by molar-refractivity contribution is 5.79. The van der Waals surface area contributed by atoms with E-state index < -0.39 is 24.0 Å². The van der Waals surface area contributed by atoms with Gasteiger partial charge in [-0.3, -0.25) is 4.79 Å². The van der Waals surface area contributed by atoms with Gasteiger partial charge in [-0.15, -0.1) is 0 Å². The molecule has 1 aromatic rings. The van der Waals surface area contributed by atoms with Crippen LogP contribution in [0.15, 0.2) is 30.9 Å². The summed E-state index contributed by atoms with van der Waals surface area (Å²) in [5.74, 6) is -0.119. The number of esters is 1. The van der Waals surface area contributed by atoms with E-state index in [1.807, 2.05) is 12.1 Å². The van der Waals surface area contributed by atoms with Crippen molar-refractivity contribution in [3.63, 3.8) is 0 Å². The lowest BCUT2D eigenvalue weighted by molar-refractivity contribution is -0.149. The number of fused-ring (bicyclic) bond motifs is 1. The molecule has 0 bridgehead atoms. The van der Waals surface area contributed by atoms with Crippen molar-refractivity contribution in [1.29, 1.82) is 0 Å². The first-order chi connectivity index (χ1) is 14.5. The number of Topliss-reactive ketones (excluding diaryl/α,β-unsaturated/α-hetero) is 1. The Labute approximate surface area is 175 Å². The van der Waals surface area contributed by atoms with Crippen LogP contribution in [0.1, 0.15) is 38.2 Å². The summed E-state index contributed by atoms with van der Waals surface area (Å²) >= 11 is 0. The van der Waals surface area contributed by atoms with Crippen molar-refractivity contribution < 1.29 is 33.3 Å². The average Bonchev–Trinajstić information content (AvgIpc) is 3.34. The monoisotopic (exact) mass is 417 g/mol. The third-order valence-corrected chi connectivity index (χ3v) is 5.38. The molecular weight excluding hydrogens is 390 g/mol. The minimum Gasteiger partial charge on any atom is -0.466 e. The molecule has 0 radical (unpaired) electrons. The van der Waals surface area contributed by atoms with Gasteiger partial charge in [0.15, 0.2) is 11.5 Å². The van der Waals surface area contributed by atoms with Crippen LogP contribution in [0.4, 0.5) is 4.79 Å². The van der Waals surface area contributed by atoms with Crippen molar-refractivity contribution >= 4 is 17.8 Å². The maximum Gasteiger partial charge on any atom is 0.410 e. The molecule has 2 aliphatic heterocycles. The molecule has 30 heavy (non-hydrogen) atoms. The maximum absolute atomic E-state index is 12.9. The Balaban J connectivity index is 1.95. The zero-order valence-corrected chi connectivity index (χ0v) is 17.3. The number of hydrogen-bond acceptors (Lipinski definition) is 7. The molecule has 2 heterocycles. The highest BCUT2D eigenvalue weighted by atomic mass is 16.7. The fourth-order valence-electron chi connectivity index (χ4n) is 4.05. The van der Waals surface area contributed by atoms with E-state index in [0.717, 1.165) is 5.56 Å². The van der Waals surface area contributed by atoms with E-state index >= 15 is 0 Å². The SMILES string of the molecule is C=CCOC(=O)N1C[C@H](c2ccc3c(c2)OCO3)[C@@H](C(=O)OCC)[C@@H]1CCC(C)=O. The van der Waals surface area contributed by atoms with Crippen LogP contribution >= 0.6 is 0 Å². The normalized spacial score (nSPS) is 21.9. The molecule has 0 spiro atoms. The summed E-state index contributed by atoms with van der Waals surface area (Å²) in [6.45, 7) is 7.49. The second-order valence-electron chi connectivity index (χ2n) is 7.32. The Hall–Kier alpha value is -3.03. The molecule has 1 saturated heterocycles. The quantitative estimate of drug-likeness (QED) is 0.474. The van der Waals surface area contributed by atoms with Crippen LogP contribution < -0.4 is 9.47 Å². The Kier molecular flexibility index (Phi) is 6.97. The van der Waals surface area contributed by atoms with Crippen LogP contribution in [0.25, 0.3) is 0 Å². The molecule has 3 rings (SSSR count). The number of likely N-dealkylation sites (tertiary alicyclic amines) is 1. The molecule has 1 aromatic carbocycles. The lowest BCUT2D eigenvalue weighted by Gasteiger charge is -2.26. The van der Waals surface area contributed by atoms with Crippen LogP contribution in [0.3, 0.4) is 0 Å². The predicted octanol–water partition coefficient (Wildman–Crippen LogP) is 3.05. The standard InChI is InChI=1S/C22H27NO7/c1-4-10-28-22(26)23-12-16(15-7-9-18-19(11-15)30-13-29-18)20(21(25)27-5-2)17(23)8-6-14(3)24/h4,7,9,11,16-17,20H,1,5-6,8,10,12-13H2,2-3H3/t16-,17+,20-/m1/s1. The third kappa shape index (κ3) is 4.58. The molecule has 2 aliphatic rings. The number of ketones is 1. The minimum absolute atomic E-state index is 0.0106. The van der Waals surface area contributed by atoms with Crippen LogP contribution in [0, 0.1) is 5.92 Å². The van der Waals surface area contributed by atoms with Gasteiger partial charge in [0.1, 0.15) is 12.4 Å². The Morgan fingerprint density at radius 2 is 2.00 bits per heavy atom. The molecule has 0 unspecified atom stereocenters. The second kappa shape index (κ2) is 9.65. The van der Waals surface area contributed by atoms with Gasteiger partial charge in [0.2, 0.25) is 6.79 Å². The fraction of sp³-hybridized carbons (Fsp3) is 0.500. The summed E-state index contributed by atoms with van der Waals surface area (Å²) in [4.78, 5) is 38.8. The van der Waals surface area contributed by atoms with Crippen molar-refractivity contribution in [2.24, 2.45) is 5.92 Å². The van der Waals surface area contributed by atoms with Crippen LogP contribution in [-0.4, -0.2) is 55.3 Å². The summed E-state index contributed by atoms with van der Waals surface area (Å²) in [5.41, 5.74) is 0.837. The van der Waals surface area contributed by atoms with Crippen molar-refractivity contribution in [3.05, 3.63) is 36.4 Å². The first kappa shape index (κ1) is 21.7. The molecule has 0 saturated carbocycles. The number of ether oxygens (including phenoxy) is 4. The molecular formula is C22H27NO7. The van der Waals surface area contributed by atoms with Crippen LogP contribution in [0.2, 0.25) is 0 Å². The number of carbonyl (C=O) groups is 3. The van der Waals surface area contributed by atoms with E-state index in [9.17, 15) is 14.4 Å². The number of benzene rings is 1. The maximum atomic E-state index is 12.9. The fourth-order valence-corrected chi connectivity index (χ4v) is 4.05. The smallest absolute Gasteiger partial charge is 0.410 e. The number of hydrogen-bond donors (Lipinski definition) is 0. The Morgan fingerprint density at radius 1 is 1.23 bits per heavy atom. The van der Waals surface area contributed by atoms with E-state index in [0.29, 0.717) is 17.9 Å². The molecule has 1 amide bonds. The summed E-state index contributed by atoms with van der Waals surface area (Å²) in [7, 11) is 0. The van der Waals surface area contributed by atoms with Gasteiger partial charge in [-0.1, -0.05) is 18.7 Å². The van der Waals surface area contributed by atoms with Gasteiger partial charge in [0.25, 0.3) is 0 Å². The van der Waals surface area contributed by atoms with Gasteiger partial charge in [-0.05, 0) is 38.0 Å². The van der Waals surface area contributed by atoms with Crippen LogP contribution in [-0.2, 0) is 19.1 Å². The van der Waals surface area contributed by atoms with E-state index in [4.69, 9.17) is 18.9 Å². The van der Waals surface area contributed by atoms with Gasteiger partial charge in [0, 0.05) is 24.9 Å². The molecule has 162 valence electrons. The Bertz CT molecular complexity index is 822. The highest BCUT2D eigenvalue weighted by Gasteiger charge is 2.49. The molecule has 0 N–H and O–H groups in total. The lowest BCUT2D eigenvalue weighted by atomic mass is 9.83. The molecule has 8 nitrogen and oxygen atoms in total. The first-order valence-corrected chi connectivity index (χ1v) is 10.1. The van der Waals surface area contributed by atoms with Gasteiger partial charge in [-0.2, -0.15) is 0 Å². The Morgan fingerprint density at radius 3 is 2.70 bits per heavy atom. The number of amides is 1. The van der Waals surface area contributed by atoms with E-state index in [2.05, 4.69) is 6.58 Å². The number of carbonyl (C=O) groups excluding carboxylic acids is 3. The number of rotatable bonds is 8. The van der Waals surface area contributed by atoms with E-state index in [1.165, 1.54) is 17.9 Å². The molecule has 0 aromatic heterocycles. The van der Waals surface area contributed by atoms with Crippen molar-refractivity contribution in [1.82, 2.24) is 4.90 Å². The van der Waals surface area contributed by atoms with Crippen LogP contribution in [0.5, 0.6) is 11.5 Å². The van der Waals surface area contributed by atoms with Crippen molar-refractivity contribution in [2.75, 3.05) is 26.6 Å². The molecule has 1 fully saturated rings. The third-order valence-electron chi connectivity index (χ3n) is 5.38. The zero-order valence-electron chi connectivity index (χ0n) is 17.3. The largest absolute Gasteiger partial charge is 0.466 e. The predicted molar refractivity (Wildman–Crippen MR) is 107 cm³/mol. The second-order valence-corrected chi connectivity index (χ2v) is 7.32. The van der Waals surface area contributed by atoms with E-state index in [1.54, 1.807) is 13.0 Å². The molecule has 8 heteroatoms. The summed E-state index contributed by atoms with van der Waals surface area (Å²) < 4.78 is 21.4. The zero-order chi connectivity index (χ0) is 21.7. The lowest BCUT2D eigenvalue weighted by Crippen LogP contribution is -2.41. The molecule has 0 aliphatic carbocycles. The molecule has 3 atom stereocenters. The summed E-state index contributed by atoms with van der Waals surface area (Å²) in [6, 6.07) is 4.98. The van der Waals surface area contributed by atoms with Gasteiger partial charge >= 0.3 is 12.1 Å². The van der Waals surface area contributed by atoms with Gasteiger partial charge in [0.05, 0.1) is 12.5 Å². The van der Waals surface area contributed by atoms with E-state index in [-0.39, 0.29) is 44.7 Å². The van der Waals surface area contributed by atoms with Crippen molar-refractivity contribution in [2.45, 2.75) is 38.6 Å². The topological polar surface area (TPSA) is 91.4 Å². The van der Waals surface area contributed by atoms with Crippen molar-refractivity contribution in [3.8, 4) is 11.5 Å². The minimum atomic E-state index is -0.624. The number of nitrogens with zero attached hydrogens (tertiary/aromatic N) is 1. The first-order valence-electron chi connectivity index (χ1n) is 10.1. The van der Waals surface area contributed by atoms with Gasteiger partial charge < -0.3 is 28.6 Å². The average molecular weight is 417 g/mol. The highest BCUT2D eigenvalue weighted by Crippen LogP contribution is 2.43. The summed E-state index contributed by atoms with van der Waals surface area (Å²) in [5, 5.41) is 0.